The lowest BCUT2D eigenvalue weighted by Gasteiger charge is -2.08. The Morgan fingerprint density at radius 2 is 0.581 bits per heavy atom. The van der Waals surface area contributed by atoms with Crippen molar-refractivity contribution in [1.29, 1.82) is 0 Å². The first-order valence-corrected chi connectivity index (χ1v) is 19.9. The van der Waals surface area contributed by atoms with Crippen LogP contribution in [-0.4, -0.2) is 36.6 Å². The largest absolute Gasteiger partial charge is 0.481 e. The van der Waals surface area contributed by atoms with Crippen LogP contribution in [0.15, 0.2) is 0 Å². The summed E-state index contributed by atoms with van der Waals surface area (Å²) in [5.74, 6) is -0.653. The number of rotatable bonds is 35. The maximum absolute atomic E-state index is 10.3. The number of carboxylic acid groups (broad SMARTS) is 1. The number of aliphatic carboxylic acids is 1. The van der Waals surface area contributed by atoms with Gasteiger partial charge in [-0.05, 0) is 33.5 Å². The van der Waals surface area contributed by atoms with Crippen LogP contribution >= 0.6 is 0 Å². The molecular formula is C40H83NO2. The fourth-order valence-electron chi connectivity index (χ4n) is 5.98. The lowest BCUT2D eigenvalue weighted by molar-refractivity contribution is -0.137. The first-order chi connectivity index (χ1) is 21.0. The molecule has 0 aromatic heterocycles. The summed E-state index contributed by atoms with van der Waals surface area (Å²) in [6.07, 6.45) is 46.5. The van der Waals surface area contributed by atoms with E-state index in [1.165, 1.54) is 206 Å². The minimum Gasteiger partial charge on any atom is -0.481 e. The predicted octanol–water partition coefficient (Wildman–Crippen LogP) is 13.9. The standard InChI is InChI=1S/C22H47N.C18H36O2/c1-4-5-6-7-8-9-10-11-12-13-14-15-16-17-18-19-20-21-22-23(2)3;1-2-3-4-5-6-7-8-9-10-11-12-13-14-15-16-17-18(19)20/h4-22H2,1-3H3;2-17H2,1H3,(H,19,20). The summed E-state index contributed by atoms with van der Waals surface area (Å²) in [5.41, 5.74) is 0. The molecule has 0 atom stereocenters. The van der Waals surface area contributed by atoms with Crippen LogP contribution < -0.4 is 0 Å². The molecule has 43 heavy (non-hydrogen) atoms. The van der Waals surface area contributed by atoms with Gasteiger partial charge in [0.25, 0.3) is 0 Å². The number of hydrogen-bond acceptors (Lipinski definition) is 2. The lowest BCUT2D eigenvalue weighted by Crippen LogP contribution is -2.12. The van der Waals surface area contributed by atoms with E-state index in [2.05, 4.69) is 32.8 Å². The van der Waals surface area contributed by atoms with E-state index in [9.17, 15) is 4.79 Å². The van der Waals surface area contributed by atoms with Crippen LogP contribution in [0.5, 0.6) is 0 Å². The van der Waals surface area contributed by atoms with Crippen LogP contribution in [0, 0.1) is 0 Å². The van der Waals surface area contributed by atoms with E-state index < -0.39 is 5.97 Å². The molecule has 0 saturated carbocycles. The average Bonchev–Trinajstić information content (AvgIpc) is 2.98. The zero-order chi connectivity index (χ0) is 31.9. The van der Waals surface area contributed by atoms with E-state index in [1.807, 2.05) is 0 Å². The van der Waals surface area contributed by atoms with Gasteiger partial charge in [-0.2, -0.15) is 0 Å². The third kappa shape index (κ3) is 48.5. The Morgan fingerprint density at radius 3 is 0.791 bits per heavy atom. The van der Waals surface area contributed by atoms with Gasteiger partial charge >= 0.3 is 5.97 Å². The Hall–Kier alpha value is -0.570. The third-order valence-electron chi connectivity index (χ3n) is 8.95. The molecule has 0 saturated heterocycles. The molecule has 3 nitrogen and oxygen atoms in total. The average molecular weight is 610 g/mol. The van der Waals surface area contributed by atoms with Gasteiger partial charge in [0, 0.05) is 6.42 Å². The Kier molecular flexibility index (Phi) is 42.9. The van der Waals surface area contributed by atoms with Crippen LogP contribution in [0.1, 0.15) is 232 Å². The Morgan fingerprint density at radius 1 is 0.372 bits per heavy atom. The van der Waals surface area contributed by atoms with Crippen molar-refractivity contribution in [2.75, 3.05) is 20.6 Å². The normalized spacial score (nSPS) is 11.2. The molecule has 260 valence electrons. The van der Waals surface area contributed by atoms with Gasteiger partial charge in [0.1, 0.15) is 0 Å². The highest BCUT2D eigenvalue weighted by Crippen LogP contribution is 2.15. The highest BCUT2D eigenvalue weighted by Gasteiger charge is 1.98. The van der Waals surface area contributed by atoms with Crippen molar-refractivity contribution in [3.63, 3.8) is 0 Å². The first kappa shape index (κ1) is 44.6. The van der Waals surface area contributed by atoms with Crippen molar-refractivity contribution in [2.45, 2.75) is 232 Å². The summed E-state index contributed by atoms with van der Waals surface area (Å²) in [6.45, 7) is 5.83. The molecular weight excluding hydrogens is 526 g/mol. The summed E-state index contributed by atoms with van der Waals surface area (Å²) >= 11 is 0. The van der Waals surface area contributed by atoms with Gasteiger partial charge in [0.05, 0.1) is 0 Å². The molecule has 0 bridgehead atoms. The van der Waals surface area contributed by atoms with Gasteiger partial charge in [-0.15, -0.1) is 0 Å². The van der Waals surface area contributed by atoms with Crippen LogP contribution in [0.2, 0.25) is 0 Å². The summed E-state index contributed by atoms with van der Waals surface area (Å²) in [5, 5.41) is 8.52. The van der Waals surface area contributed by atoms with E-state index in [-0.39, 0.29) is 0 Å². The second-order valence-corrected chi connectivity index (χ2v) is 13.9. The fraction of sp³-hybridized carbons (Fsp3) is 0.975. The van der Waals surface area contributed by atoms with E-state index in [4.69, 9.17) is 5.11 Å². The lowest BCUT2D eigenvalue weighted by atomic mass is 10.0. The molecule has 1 N–H and O–H groups in total. The second kappa shape index (κ2) is 41.4. The van der Waals surface area contributed by atoms with Crippen molar-refractivity contribution in [3.8, 4) is 0 Å². The maximum Gasteiger partial charge on any atom is 0.303 e. The van der Waals surface area contributed by atoms with E-state index in [0.29, 0.717) is 6.42 Å². The van der Waals surface area contributed by atoms with E-state index in [1.54, 1.807) is 0 Å². The molecule has 0 radical (unpaired) electrons. The van der Waals surface area contributed by atoms with Crippen LogP contribution in [0.3, 0.4) is 0 Å². The topological polar surface area (TPSA) is 40.5 Å². The molecule has 0 aliphatic rings. The highest BCUT2D eigenvalue weighted by molar-refractivity contribution is 5.66. The van der Waals surface area contributed by atoms with Gasteiger partial charge in [-0.25, -0.2) is 0 Å². The quantitative estimate of drug-likeness (QED) is 0.0727. The first-order valence-electron chi connectivity index (χ1n) is 19.9. The van der Waals surface area contributed by atoms with Crippen molar-refractivity contribution in [3.05, 3.63) is 0 Å². The molecule has 0 aliphatic carbocycles. The fourth-order valence-corrected chi connectivity index (χ4v) is 5.98. The molecule has 0 unspecified atom stereocenters. The molecule has 0 amide bonds. The summed E-state index contributed by atoms with van der Waals surface area (Å²) in [7, 11) is 4.35. The smallest absolute Gasteiger partial charge is 0.303 e. The molecule has 0 aliphatic heterocycles. The van der Waals surface area contributed by atoms with Crippen LogP contribution in [0.4, 0.5) is 0 Å². The number of carboxylic acids is 1. The van der Waals surface area contributed by atoms with Gasteiger partial charge in [-0.3, -0.25) is 4.79 Å². The summed E-state index contributed by atoms with van der Waals surface area (Å²) in [4.78, 5) is 12.6. The van der Waals surface area contributed by atoms with Crippen molar-refractivity contribution in [2.24, 2.45) is 0 Å². The number of nitrogens with zero attached hydrogens (tertiary/aromatic N) is 1. The van der Waals surface area contributed by atoms with Crippen LogP contribution in [-0.2, 0) is 4.79 Å². The van der Waals surface area contributed by atoms with Crippen molar-refractivity contribution < 1.29 is 9.90 Å². The highest BCUT2D eigenvalue weighted by atomic mass is 16.4. The summed E-state index contributed by atoms with van der Waals surface area (Å²) in [6, 6.07) is 0. The van der Waals surface area contributed by atoms with Gasteiger partial charge in [0.2, 0.25) is 0 Å². The van der Waals surface area contributed by atoms with Crippen molar-refractivity contribution >= 4 is 5.97 Å². The third-order valence-corrected chi connectivity index (χ3v) is 8.95. The zero-order valence-corrected chi connectivity index (χ0v) is 30.6. The minimum atomic E-state index is -0.653. The SMILES string of the molecule is CCCCCCCCCCCCCCCCCC(=O)O.CCCCCCCCCCCCCCCCCCCCN(C)C. The Balaban J connectivity index is 0. The number of hydrogen-bond donors (Lipinski definition) is 1. The van der Waals surface area contributed by atoms with Crippen molar-refractivity contribution in [1.82, 2.24) is 4.90 Å². The summed E-state index contributed by atoms with van der Waals surface area (Å²) < 4.78 is 0. The van der Waals surface area contributed by atoms with Gasteiger partial charge < -0.3 is 10.0 Å². The van der Waals surface area contributed by atoms with Crippen LogP contribution in [0.25, 0.3) is 0 Å². The maximum atomic E-state index is 10.3. The number of unbranched alkanes of at least 4 members (excludes halogenated alkanes) is 31. The van der Waals surface area contributed by atoms with Gasteiger partial charge in [-0.1, -0.05) is 213 Å². The monoisotopic (exact) mass is 610 g/mol. The molecule has 0 fully saturated rings. The van der Waals surface area contributed by atoms with Gasteiger partial charge in [0.15, 0.2) is 0 Å². The number of carbonyl (C=O) groups is 1. The van der Waals surface area contributed by atoms with E-state index >= 15 is 0 Å². The Bertz CT molecular complexity index is 493. The zero-order valence-electron chi connectivity index (χ0n) is 30.6. The molecule has 0 aromatic carbocycles. The predicted molar refractivity (Wildman–Crippen MR) is 195 cm³/mol. The minimum absolute atomic E-state index is 0.345. The molecule has 0 rings (SSSR count). The Labute approximate surface area is 273 Å². The van der Waals surface area contributed by atoms with E-state index in [0.717, 1.165) is 12.8 Å². The molecule has 0 aromatic rings. The molecule has 0 spiro atoms. The molecule has 3 heteroatoms. The second-order valence-electron chi connectivity index (χ2n) is 13.9. The molecule has 0 heterocycles.